The minimum Gasteiger partial charge on any atom is -0.465 e. The largest absolute Gasteiger partial charge is 0.465 e. The molecule has 19 heavy (non-hydrogen) atoms. The molecule has 0 saturated carbocycles. The molecule has 0 radical (unpaired) electrons. The van der Waals surface area contributed by atoms with E-state index in [2.05, 4.69) is 0 Å². The number of methoxy groups -OCH3 is 1. The molecule has 5 heteroatoms. The standard InChI is InChI=1S/C14H21BO4/c1-13(2,17)14(3,4)19-15-11-9-7-6-8-10(11)12(16)18-5/h6-9,15,17H,1-5H3. The molecule has 0 saturated heterocycles. The lowest BCUT2D eigenvalue weighted by Gasteiger charge is -2.37. The minimum absolute atomic E-state index is 0.238. The molecule has 0 aromatic heterocycles. The maximum absolute atomic E-state index is 11.6. The Morgan fingerprint density at radius 1 is 1.21 bits per heavy atom. The number of esters is 1. The zero-order valence-corrected chi connectivity index (χ0v) is 12.2. The van der Waals surface area contributed by atoms with Gasteiger partial charge in [-0.15, -0.1) is 0 Å². The number of carbonyl (C=O) groups excluding carboxylic acids is 1. The topological polar surface area (TPSA) is 55.8 Å². The van der Waals surface area contributed by atoms with E-state index in [0.717, 1.165) is 5.46 Å². The highest BCUT2D eigenvalue weighted by atomic mass is 16.5. The van der Waals surface area contributed by atoms with Crippen molar-refractivity contribution in [3.05, 3.63) is 29.8 Å². The van der Waals surface area contributed by atoms with Gasteiger partial charge in [0.1, 0.15) is 0 Å². The van der Waals surface area contributed by atoms with Crippen LogP contribution in [0.3, 0.4) is 0 Å². The van der Waals surface area contributed by atoms with Crippen LogP contribution in [0.2, 0.25) is 0 Å². The van der Waals surface area contributed by atoms with Crippen LogP contribution in [0.15, 0.2) is 24.3 Å². The van der Waals surface area contributed by atoms with Gasteiger partial charge in [-0.25, -0.2) is 4.79 Å². The summed E-state index contributed by atoms with van der Waals surface area (Å²) >= 11 is 0. The van der Waals surface area contributed by atoms with Crippen LogP contribution in [0.5, 0.6) is 0 Å². The Bertz CT molecular complexity index is 449. The average molecular weight is 264 g/mol. The Morgan fingerprint density at radius 2 is 1.79 bits per heavy atom. The molecule has 0 amide bonds. The first-order valence-corrected chi connectivity index (χ1v) is 6.21. The van der Waals surface area contributed by atoms with E-state index in [4.69, 9.17) is 9.39 Å². The second-order valence-corrected chi connectivity index (χ2v) is 5.51. The van der Waals surface area contributed by atoms with Crippen molar-refractivity contribution in [2.75, 3.05) is 7.11 Å². The Labute approximate surface area is 115 Å². The molecule has 0 bridgehead atoms. The van der Waals surface area contributed by atoms with E-state index in [9.17, 15) is 9.90 Å². The van der Waals surface area contributed by atoms with Crippen LogP contribution < -0.4 is 5.46 Å². The fraction of sp³-hybridized carbons (Fsp3) is 0.500. The maximum Gasteiger partial charge on any atom is 0.337 e. The molecule has 0 spiro atoms. The molecule has 0 aliphatic heterocycles. The van der Waals surface area contributed by atoms with Gasteiger partial charge in [-0.3, -0.25) is 0 Å². The van der Waals surface area contributed by atoms with Crippen molar-refractivity contribution in [3.63, 3.8) is 0 Å². The first-order chi connectivity index (χ1) is 8.69. The van der Waals surface area contributed by atoms with Crippen LogP contribution in [0, 0.1) is 0 Å². The molecule has 0 fully saturated rings. The van der Waals surface area contributed by atoms with Crippen LogP contribution in [-0.2, 0) is 9.39 Å². The molecule has 4 nitrogen and oxygen atoms in total. The summed E-state index contributed by atoms with van der Waals surface area (Å²) < 4.78 is 10.5. The molecule has 1 rings (SSSR count). The number of hydrogen-bond donors (Lipinski definition) is 1. The van der Waals surface area contributed by atoms with Crippen LogP contribution in [0.25, 0.3) is 0 Å². The van der Waals surface area contributed by atoms with Crippen molar-refractivity contribution in [1.82, 2.24) is 0 Å². The summed E-state index contributed by atoms with van der Waals surface area (Å²) in [5, 5.41) is 10.0. The summed E-state index contributed by atoms with van der Waals surface area (Å²) in [6.07, 6.45) is 0. The van der Waals surface area contributed by atoms with E-state index in [-0.39, 0.29) is 13.5 Å². The number of carbonyl (C=O) groups is 1. The fourth-order valence-electron chi connectivity index (χ4n) is 1.39. The van der Waals surface area contributed by atoms with E-state index in [1.807, 2.05) is 26.0 Å². The molecule has 0 atom stereocenters. The summed E-state index contributed by atoms with van der Waals surface area (Å²) in [5.74, 6) is -0.389. The van der Waals surface area contributed by atoms with Gasteiger partial charge in [-0.05, 0) is 39.2 Å². The van der Waals surface area contributed by atoms with Crippen molar-refractivity contribution in [2.24, 2.45) is 0 Å². The first-order valence-electron chi connectivity index (χ1n) is 6.21. The van der Waals surface area contributed by atoms with Gasteiger partial charge < -0.3 is 14.5 Å². The molecule has 0 unspecified atom stereocenters. The molecule has 1 N–H and O–H groups in total. The summed E-state index contributed by atoms with van der Waals surface area (Å²) in [7, 11) is 1.59. The summed E-state index contributed by atoms with van der Waals surface area (Å²) in [4.78, 5) is 11.6. The molecular formula is C14H21BO4. The number of ether oxygens (including phenoxy) is 1. The van der Waals surface area contributed by atoms with Gasteiger partial charge in [-0.2, -0.15) is 0 Å². The zero-order chi connectivity index (χ0) is 14.7. The van der Waals surface area contributed by atoms with E-state index in [1.54, 1.807) is 26.0 Å². The lowest BCUT2D eigenvalue weighted by Crippen LogP contribution is -2.49. The minimum atomic E-state index is -0.979. The highest BCUT2D eigenvalue weighted by Gasteiger charge is 2.35. The van der Waals surface area contributed by atoms with Crippen LogP contribution >= 0.6 is 0 Å². The molecule has 0 aliphatic rings. The summed E-state index contributed by atoms with van der Waals surface area (Å²) in [5.41, 5.74) is -0.480. The Balaban J connectivity index is 2.87. The Kier molecular flexibility index (Phi) is 4.77. The normalized spacial score (nSPS) is 12.1. The highest BCUT2D eigenvalue weighted by molar-refractivity contribution is 6.49. The molecule has 104 valence electrons. The number of hydrogen-bond acceptors (Lipinski definition) is 4. The second-order valence-electron chi connectivity index (χ2n) is 5.51. The maximum atomic E-state index is 11.6. The number of aliphatic hydroxyl groups is 1. The predicted octanol–water partition coefficient (Wildman–Crippen LogP) is 1.02. The second kappa shape index (κ2) is 5.76. The van der Waals surface area contributed by atoms with Crippen molar-refractivity contribution in [2.45, 2.75) is 38.9 Å². The quantitative estimate of drug-likeness (QED) is 0.637. The smallest absolute Gasteiger partial charge is 0.337 e. The lowest BCUT2D eigenvalue weighted by atomic mass is 9.80. The SMILES string of the molecule is COC(=O)c1ccccc1BOC(C)(C)C(C)(C)O. The molecular weight excluding hydrogens is 243 g/mol. The third-order valence-corrected chi connectivity index (χ3v) is 3.48. The predicted molar refractivity (Wildman–Crippen MR) is 76.0 cm³/mol. The van der Waals surface area contributed by atoms with Gasteiger partial charge in [0.2, 0.25) is 0 Å². The van der Waals surface area contributed by atoms with Gasteiger partial charge in [0.05, 0.1) is 23.9 Å². The fourth-order valence-corrected chi connectivity index (χ4v) is 1.39. The number of benzene rings is 1. The monoisotopic (exact) mass is 264 g/mol. The van der Waals surface area contributed by atoms with E-state index >= 15 is 0 Å². The highest BCUT2D eigenvalue weighted by Crippen LogP contribution is 2.24. The third kappa shape index (κ3) is 3.82. The first kappa shape index (κ1) is 15.7. The van der Waals surface area contributed by atoms with E-state index in [0.29, 0.717) is 5.56 Å². The molecule has 0 heterocycles. The molecule has 0 aliphatic carbocycles. The van der Waals surface area contributed by atoms with Crippen molar-refractivity contribution < 1.29 is 19.3 Å². The van der Waals surface area contributed by atoms with Crippen molar-refractivity contribution in [1.29, 1.82) is 0 Å². The third-order valence-electron chi connectivity index (χ3n) is 3.48. The van der Waals surface area contributed by atoms with Gasteiger partial charge >= 0.3 is 13.5 Å². The summed E-state index contributed by atoms with van der Waals surface area (Å²) in [6.45, 7) is 7.01. The van der Waals surface area contributed by atoms with Gasteiger partial charge in [0, 0.05) is 0 Å². The molecule has 1 aromatic rings. The van der Waals surface area contributed by atoms with Crippen LogP contribution in [0.1, 0.15) is 38.1 Å². The molecule has 1 aromatic carbocycles. The van der Waals surface area contributed by atoms with E-state index in [1.165, 1.54) is 7.11 Å². The van der Waals surface area contributed by atoms with E-state index < -0.39 is 11.2 Å². The Morgan fingerprint density at radius 3 is 2.32 bits per heavy atom. The Hall–Kier alpha value is -1.33. The van der Waals surface area contributed by atoms with Crippen molar-refractivity contribution >= 4 is 18.9 Å². The lowest BCUT2D eigenvalue weighted by molar-refractivity contribution is -0.0893. The summed E-state index contributed by atoms with van der Waals surface area (Å²) in [6, 6.07) is 7.12. The number of rotatable bonds is 5. The van der Waals surface area contributed by atoms with Crippen molar-refractivity contribution in [3.8, 4) is 0 Å². The zero-order valence-electron chi connectivity index (χ0n) is 12.2. The van der Waals surface area contributed by atoms with Gasteiger partial charge in [0.15, 0.2) is 0 Å². The average Bonchev–Trinajstić information content (AvgIpc) is 2.34. The van der Waals surface area contributed by atoms with Crippen LogP contribution in [-0.4, -0.2) is 36.9 Å². The van der Waals surface area contributed by atoms with Gasteiger partial charge in [-0.1, -0.05) is 18.2 Å². The van der Waals surface area contributed by atoms with Gasteiger partial charge in [0.25, 0.3) is 0 Å². The van der Waals surface area contributed by atoms with Crippen LogP contribution in [0.4, 0.5) is 0 Å².